The Balaban J connectivity index is 1.62. The number of nitrogens with one attached hydrogen (secondary N) is 1. The van der Waals surface area contributed by atoms with Crippen LogP contribution in [-0.4, -0.2) is 30.2 Å². The maximum Gasteiger partial charge on any atom is 0.339 e. The highest BCUT2D eigenvalue weighted by Crippen LogP contribution is 2.42. The summed E-state index contributed by atoms with van der Waals surface area (Å²) in [6.45, 7) is 4.37. The van der Waals surface area contributed by atoms with Gasteiger partial charge >= 0.3 is 5.97 Å². The molecule has 1 aliphatic rings. The number of cyclic esters (lactones) is 1. The number of benzene rings is 3. The van der Waals surface area contributed by atoms with Gasteiger partial charge in [-0.2, -0.15) is 0 Å². The van der Waals surface area contributed by atoms with Crippen LogP contribution in [0.15, 0.2) is 48.8 Å². The lowest BCUT2D eigenvalue weighted by Crippen LogP contribution is -2.02. The smallest absolute Gasteiger partial charge is 0.339 e. The van der Waals surface area contributed by atoms with Crippen LogP contribution in [0, 0.1) is 13.8 Å². The van der Waals surface area contributed by atoms with Gasteiger partial charge in [0.15, 0.2) is 11.5 Å². The number of carbonyl (C=O) groups excluding carboxylic acids is 1. The standard InChI is InChI=1S/C26H23N3O4/c1-14-5-6-19(7-15(14)2)29-26-27-11-18(12-28-26)23-20-10-22(32-4)21(31-3)9-16(20)8-17-13-33-25(30)24(17)23/h5-12H,13H2,1-4H3,(H,27,28,29). The number of aryl methyl sites for hydroxylation is 2. The number of fused-ring (bicyclic) bond motifs is 2. The molecular formula is C26H23N3O4. The molecule has 5 rings (SSSR count). The summed E-state index contributed by atoms with van der Waals surface area (Å²) in [4.78, 5) is 21.6. The van der Waals surface area contributed by atoms with Crippen molar-refractivity contribution in [1.29, 1.82) is 0 Å². The van der Waals surface area contributed by atoms with E-state index in [1.165, 1.54) is 11.1 Å². The number of rotatable bonds is 5. The number of methoxy groups -OCH3 is 2. The predicted molar refractivity (Wildman–Crippen MR) is 126 cm³/mol. The normalized spacial score (nSPS) is 12.4. The summed E-state index contributed by atoms with van der Waals surface area (Å²) in [6, 6.07) is 11.8. The van der Waals surface area contributed by atoms with Crippen molar-refractivity contribution < 1.29 is 19.0 Å². The number of esters is 1. The van der Waals surface area contributed by atoms with Crippen molar-refractivity contribution in [3.8, 4) is 22.6 Å². The van der Waals surface area contributed by atoms with Gasteiger partial charge in [-0.25, -0.2) is 14.8 Å². The molecule has 0 saturated heterocycles. The van der Waals surface area contributed by atoms with Crippen LogP contribution in [0.5, 0.6) is 11.5 Å². The number of hydrogen-bond donors (Lipinski definition) is 1. The first-order chi connectivity index (χ1) is 16.0. The zero-order chi connectivity index (χ0) is 23.1. The number of carbonyl (C=O) groups is 1. The second-order valence-electron chi connectivity index (χ2n) is 8.01. The minimum atomic E-state index is -0.353. The van der Waals surface area contributed by atoms with Crippen LogP contribution in [0.1, 0.15) is 27.0 Å². The van der Waals surface area contributed by atoms with E-state index in [2.05, 4.69) is 41.3 Å². The Morgan fingerprint density at radius 1 is 0.909 bits per heavy atom. The molecule has 0 amide bonds. The first-order valence-corrected chi connectivity index (χ1v) is 10.5. The summed E-state index contributed by atoms with van der Waals surface area (Å²) in [5.74, 6) is 1.31. The molecule has 0 bridgehead atoms. The van der Waals surface area contributed by atoms with Gasteiger partial charge in [-0.05, 0) is 66.1 Å². The van der Waals surface area contributed by atoms with Crippen molar-refractivity contribution in [1.82, 2.24) is 9.97 Å². The summed E-state index contributed by atoms with van der Waals surface area (Å²) in [5.41, 5.74) is 6.13. The Bertz CT molecular complexity index is 1400. The second-order valence-corrected chi connectivity index (χ2v) is 8.01. The molecule has 1 aromatic heterocycles. The van der Waals surface area contributed by atoms with Crippen molar-refractivity contribution >= 4 is 28.4 Å². The van der Waals surface area contributed by atoms with Crippen LogP contribution >= 0.6 is 0 Å². The van der Waals surface area contributed by atoms with Crippen LogP contribution in [-0.2, 0) is 11.3 Å². The molecule has 3 aromatic carbocycles. The van der Waals surface area contributed by atoms with Crippen molar-refractivity contribution in [2.45, 2.75) is 20.5 Å². The lowest BCUT2D eigenvalue weighted by molar-refractivity contribution is 0.0535. The molecule has 7 heteroatoms. The number of hydrogen-bond acceptors (Lipinski definition) is 7. The van der Waals surface area contributed by atoms with Gasteiger partial charge in [-0.3, -0.25) is 0 Å². The minimum Gasteiger partial charge on any atom is -0.493 e. The van der Waals surface area contributed by atoms with Gasteiger partial charge in [0.1, 0.15) is 6.61 Å². The largest absolute Gasteiger partial charge is 0.493 e. The molecule has 0 atom stereocenters. The third kappa shape index (κ3) is 3.61. The summed E-state index contributed by atoms with van der Waals surface area (Å²) in [7, 11) is 3.18. The number of aromatic nitrogens is 2. The van der Waals surface area contributed by atoms with E-state index >= 15 is 0 Å². The van der Waals surface area contributed by atoms with Crippen LogP contribution in [0.3, 0.4) is 0 Å². The minimum absolute atomic E-state index is 0.235. The summed E-state index contributed by atoms with van der Waals surface area (Å²) >= 11 is 0. The van der Waals surface area contributed by atoms with Crippen molar-refractivity contribution in [2.75, 3.05) is 19.5 Å². The highest BCUT2D eigenvalue weighted by atomic mass is 16.5. The van der Waals surface area contributed by atoms with Gasteiger partial charge in [-0.15, -0.1) is 0 Å². The molecule has 7 nitrogen and oxygen atoms in total. The van der Waals surface area contributed by atoms with Crippen LogP contribution in [0.25, 0.3) is 21.9 Å². The molecule has 33 heavy (non-hydrogen) atoms. The zero-order valence-electron chi connectivity index (χ0n) is 18.9. The highest BCUT2D eigenvalue weighted by Gasteiger charge is 2.28. The van der Waals surface area contributed by atoms with Gasteiger partial charge in [0.25, 0.3) is 0 Å². The van der Waals surface area contributed by atoms with E-state index in [-0.39, 0.29) is 12.6 Å². The Hall–Kier alpha value is -4.13. The molecule has 166 valence electrons. The third-order valence-corrected chi connectivity index (χ3v) is 5.99. The van der Waals surface area contributed by atoms with Gasteiger partial charge in [0, 0.05) is 34.8 Å². The molecule has 0 unspecified atom stereocenters. The van der Waals surface area contributed by atoms with Crippen LogP contribution in [0.2, 0.25) is 0 Å². The van der Waals surface area contributed by atoms with Crippen LogP contribution in [0.4, 0.5) is 11.6 Å². The van der Waals surface area contributed by atoms with Gasteiger partial charge < -0.3 is 19.5 Å². The molecule has 1 aliphatic heterocycles. The highest BCUT2D eigenvalue weighted by molar-refractivity contribution is 6.11. The molecular weight excluding hydrogens is 418 g/mol. The van der Waals surface area contributed by atoms with E-state index < -0.39 is 0 Å². The first kappa shape index (κ1) is 20.8. The average Bonchev–Trinajstić information content (AvgIpc) is 3.19. The topological polar surface area (TPSA) is 82.6 Å². The van der Waals surface area contributed by atoms with Gasteiger partial charge in [0.2, 0.25) is 5.95 Å². The average molecular weight is 441 g/mol. The number of anilines is 2. The lowest BCUT2D eigenvalue weighted by atomic mass is 9.91. The predicted octanol–water partition coefficient (Wildman–Crippen LogP) is 5.34. The third-order valence-electron chi connectivity index (χ3n) is 5.99. The first-order valence-electron chi connectivity index (χ1n) is 10.5. The van der Waals surface area contributed by atoms with Crippen molar-refractivity contribution in [3.05, 3.63) is 71.0 Å². The Morgan fingerprint density at radius 3 is 2.33 bits per heavy atom. The molecule has 0 spiro atoms. The van der Waals surface area contributed by atoms with Crippen molar-refractivity contribution in [2.24, 2.45) is 0 Å². The fraction of sp³-hybridized carbons (Fsp3) is 0.192. The van der Waals surface area contributed by atoms with Crippen LogP contribution < -0.4 is 14.8 Å². The van der Waals surface area contributed by atoms with E-state index in [1.807, 2.05) is 24.3 Å². The fourth-order valence-electron chi connectivity index (χ4n) is 4.12. The lowest BCUT2D eigenvalue weighted by Gasteiger charge is -2.15. The maximum absolute atomic E-state index is 12.6. The summed E-state index contributed by atoms with van der Waals surface area (Å²) < 4.78 is 16.3. The molecule has 2 heterocycles. The van der Waals surface area contributed by atoms with Crippen molar-refractivity contribution in [3.63, 3.8) is 0 Å². The molecule has 0 aliphatic carbocycles. The molecule has 0 radical (unpaired) electrons. The van der Waals surface area contributed by atoms with E-state index in [9.17, 15) is 4.79 Å². The molecule has 1 N–H and O–H groups in total. The monoisotopic (exact) mass is 441 g/mol. The molecule has 0 saturated carbocycles. The Labute approximate surface area is 191 Å². The SMILES string of the molecule is COc1cc2cc3c(c(-c4cnc(Nc5ccc(C)c(C)c5)nc4)c2cc1OC)C(=O)OC3. The van der Waals surface area contributed by atoms with E-state index in [4.69, 9.17) is 14.2 Å². The Kier molecular flexibility index (Phi) is 5.09. The van der Waals surface area contributed by atoms with Gasteiger partial charge in [-0.1, -0.05) is 6.07 Å². The van der Waals surface area contributed by atoms with E-state index in [0.717, 1.165) is 27.6 Å². The number of nitrogens with zero attached hydrogens (tertiary/aromatic N) is 2. The van der Waals surface area contributed by atoms with Gasteiger partial charge in [0.05, 0.1) is 19.8 Å². The summed E-state index contributed by atoms with van der Waals surface area (Å²) in [6.07, 6.45) is 3.43. The molecule has 0 fully saturated rings. The Morgan fingerprint density at radius 2 is 1.64 bits per heavy atom. The quantitative estimate of drug-likeness (QED) is 0.418. The van der Waals surface area contributed by atoms with E-state index in [1.54, 1.807) is 26.6 Å². The van der Waals surface area contributed by atoms with E-state index in [0.29, 0.717) is 28.6 Å². The zero-order valence-corrected chi connectivity index (χ0v) is 18.9. The maximum atomic E-state index is 12.6. The second kappa shape index (κ2) is 8.09. The number of ether oxygens (including phenoxy) is 3. The summed E-state index contributed by atoms with van der Waals surface area (Å²) in [5, 5.41) is 4.98. The fourth-order valence-corrected chi connectivity index (χ4v) is 4.12. The molecule has 4 aromatic rings.